The van der Waals surface area contributed by atoms with Crippen LogP contribution >= 0.6 is 11.6 Å². The average Bonchev–Trinajstić information content (AvgIpc) is 2.39. The first-order chi connectivity index (χ1) is 8.31. The van der Waals surface area contributed by atoms with E-state index >= 15 is 0 Å². The van der Waals surface area contributed by atoms with Gasteiger partial charge in [-0.3, -0.25) is 4.90 Å². The molecule has 0 amide bonds. The molecular weight excluding hydrogens is 234 g/mol. The number of aromatic nitrogens is 1. The van der Waals surface area contributed by atoms with E-state index in [1.807, 2.05) is 6.07 Å². The van der Waals surface area contributed by atoms with Crippen molar-refractivity contribution in [1.82, 2.24) is 15.2 Å². The first kappa shape index (κ1) is 12.8. The molecule has 94 valence electrons. The van der Waals surface area contributed by atoms with E-state index in [1.54, 1.807) is 6.20 Å². The maximum absolute atomic E-state index is 6.11. The van der Waals surface area contributed by atoms with Gasteiger partial charge in [-0.2, -0.15) is 0 Å². The summed E-state index contributed by atoms with van der Waals surface area (Å²) in [6.07, 6.45) is 4.20. The monoisotopic (exact) mass is 253 g/mol. The summed E-state index contributed by atoms with van der Waals surface area (Å²) in [6.45, 7) is 6.44. The van der Waals surface area contributed by atoms with Crippen LogP contribution < -0.4 is 5.32 Å². The van der Waals surface area contributed by atoms with Gasteiger partial charge in [0.2, 0.25) is 0 Å². The summed E-state index contributed by atoms with van der Waals surface area (Å²) in [7, 11) is 0. The van der Waals surface area contributed by atoms with Gasteiger partial charge in [0.25, 0.3) is 0 Å². The highest BCUT2D eigenvalue weighted by molar-refractivity contribution is 6.30. The van der Waals surface area contributed by atoms with E-state index in [4.69, 9.17) is 11.6 Å². The Kier molecular flexibility index (Phi) is 4.77. The molecule has 0 radical (unpaired) electrons. The fourth-order valence-electron chi connectivity index (χ4n) is 2.43. The zero-order valence-corrected chi connectivity index (χ0v) is 11.1. The van der Waals surface area contributed by atoms with Crippen LogP contribution in [-0.2, 0) is 6.54 Å². The van der Waals surface area contributed by atoms with Crippen molar-refractivity contribution < 1.29 is 0 Å². The van der Waals surface area contributed by atoms with Crippen LogP contribution in [0.1, 0.15) is 25.3 Å². The molecule has 1 saturated heterocycles. The van der Waals surface area contributed by atoms with Crippen LogP contribution in [-0.4, -0.2) is 35.6 Å². The van der Waals surface area contributed by atoms with Crippen molar-refractivity contribution in [1.29, 1.82) is 0 Å². The molecular formula is C13H20ClN3. The molecule has 3 nitrogen and oxygen atoms in total. The Morgan fingerprint density at radius 3 is 2.88 bits per heavy atom. The molecule has 0 bridgehead atoms. The van der Waals surface area contributed by atoms with Crippen molar-refractivity contribution >= 4 is 11.6 Å². The van der Waals surface area contributed by atoms with E-state index in [0.29, 0.717) is 11.2 Å². The minimum Gasteiger partial charge on any atom is -0.317 e. The highest BCUT2D eigenvalue weighted by Crippen LogP contribution is 2.18. The van der Waals surface area contributed by atoms with E-state index in [-0.39, 0.29) is 0 Å². The average molecular weight is 254 g/mol. The summed E-state index contributed by atoms with van der Waals surface area (Å²) >= 11 is 6.11. The number of pyridine rings is 1. The number of rotatable bonds is 4. The largest absolute Gasteiger partial charge is 0.317 e. The Balaban J connectivity index is 2.01. The van der Waals surface area contributed by atoms with Gasteiger partial charge in [-0.1, -0.05) is 24.6 Å². The van der Waals surface area contributed by atoms with Crippen LogP contribution in [0.5, 0.6) is 0 Å². The Labute approximate surface area is 108 Å². The molecule has 1 aliphatic rings. The summed E-state index contributed by atoms with van der Waals surface area (Å²) in [6, 6.07) is 4.70. The predicted octanol–water partition coefficient (Wildman–Crippen LogP) is 2.31. The van der Waals surface area contributed by atoms with Crippen LogP contribution in [0.4, 0.5) is 0 Å². The lowest BCUT2D eigenvalue weighted by atomic mass is 10.0. The SMILES string of the molecule is CCN(Cc1cccnc1Cl)C1CCNCC1. The molecule has 1 fully saturated rings. The number of nitrogens with one attached hydrogen (secondary N) is 1. The summed E-state index contributed by atoms with van der Waals surface area (Å²) in [5.41, 5.74) is 1.13. The summed E-state index contributed by atoms with van der Waals surface area (Å²) in [5.74, 6) is 0. The van der Waals surface area contributed by atoms with Gasteiger partial charge in [-0.25, -0.2) is 4.98 Å². The van der Waals surface area contributed by atoms with E-state index < -0.39 is 0 Å². The highest BCUT2D eigenvalue weighted by atomic mass is 35.5. The summed E-state index contributed by atoms with van der Waals surface area (Å²) in [5, 5.41) is 4.04. The van der Waals surface area contributed by atoms with E-state index in [2.05, 4.69) is 28.2 Å². The van der Waals surface area contributed by atoms with Crippen LogP contribution in [0.15, 0.2) is 18.3 Å². The van der Waals surface area contributed by atoms with Crippen LogP contribution in [0, 0.1) is 0 Å². The third-order valence-electron chi connectivity index (χ3n) is 3.44. The molecule has 0 aromatic carbocycles. The molecule has 0 spiro atoms. The second kappa shape index (κ2) is 6.34. The Morgan fingerprint density at radius 2 is 2.24 bits per heavy atom. The predicted molar refractivity (Wildman–Crippen MR) is 71.2 cm³/mol. The Morgan fingerprint density at radius 1 is 1.47 bits per heavy atom. The molecule has 0 unspecified atom stereocenters. The zero-order chi connectivity index (χ0) is 12.1. The first-order valence-corrected chi connectivity index (χ1v) is 6.73. The minimum atomic E-state index is 0.639. The summed E-state index contributed by atoms with van der Waals surface area (Å²) < 4.78 is 0. The van der Waals surface area contributed by atoms with Gasteiger partial charge in [-0.15, -0.1) is 0 Å². The van der Waals surface area contributed by atoms with Crippen molar-refractivity contribution in [3.8, 4) is 0 Å². The standard InChI is InChI=1S/C13H20ClN3/c1-2-17(12-5-8-15-9-6-12)10-11-4-3-7-16-13(11)14/h3-4,7,12,15H,2,5-6,8-10H2,1H3. The normalized spacial score (nSPS) is 17.6. The minimum absolute atomic E-state index is 0.639. The molecule has 0 aliphatic carbocycles. The molecule has 1 aliphatic heterocycles. The van der Waals surface area contributed by atoms with Crippen LogP contribution in [0.2, 0.25) is 5.15 Å². The summed E-state index contributed by atoms with van der Waals surface area (Å²) in [4.78, 5) is 6.64. The van der Waals surface area contributed by atoms with Gasteiger partial charge < -0.3 is 5.32 Å². The Hall–Kier alpha value is -0.640. The number of nitrogens with zero attached hydrogens (tertiary/aromatic N) is 2. The molecule has 0 atom stereocenters. The maximum atomic E-state index is 6.11. The smallest absolute Gasteiger partial charge is 0.133 e. The van der Waals surface area contributed by atoms with Crippen molar-refractivity contribution in [3.63, 3.8) is 0 Å². The number of hydrogen-bond donors (Lipinski definition) is 1. The maximum Gasteiger partial charge on any atom is 0.133 e. The van der Waals surface area contributed by atoms with Crippen LogP contribution in [0.25, 0.3) is 0 Å². The second-order valence-corrected chi connectivity index (χ2v) is 4.86. The third kappa shape index (κ3) is 3.41. The van der Waals surface area contributed by atoms with Gasteiger partial charge in [0, 0.05) is 24.3 Å². The molecule has 1 aromatic heterocycles. The van der Waals surface area contributed by atoms with Gasteiger partial charge in [0.15, 0.2) is 0 Å². The lowest BCUT2D eigenvalue weighted by Gasteiger charge is -2.33. The molecule has 4 heteroatoms. The van der Waals surface area contributed by atoms with Crippen molar-refractivity contribution in [2.45, 2.75) is 32.4 Å². The molecule has 2 rings (SSSR count). The molecule has 1 aromatic rings. The van der Waals surface area contributed by atoms with Gasteiger partial charge in [0.1, 0.15) is 5.15 Å². The van der Waals surface area contributed by atoms with E-state index in [9.17, 15) is 0 Å². The van der Waals surface area contributed by atoms with Gasteiger partial charge >= 0.3 is 0 Å². The zero-order valence-electron chi connectivity index (χ0n) is 10.3. The van der Waals surface area contributed by atoms with Gasteiger partial charge in [0.05, 0.1) is 0 Å². The van der Waals surface area contributed by atoms with Crippen LogP contribution in [0.3, 0.4) is 0 Å². The lowest BCUT2D eigenvalue weighted by molar-refractivity contribution is 0.162. The fraction of sp³-hybridized carbons (Fsp3) is 0.615. The fourth-order valence-corrected chi connectivity index (χ4v) is 2.61. The molecule has 2 heterocycles. The topological polar surface area (TPSA) is 28.2 Å². The quantitative estimate of drug-likeness (QED) is 0.835. The first-order valence-electron chi connectivity index (χ1n) is 6.35. The highest BCUT2D eigenvalue weighted by Gasteiger charge is 2.20. The number of hydrogen-bond acceptors (Lipinski definition) is 3. The number of piperidine rings is 1. The molecule has 0 saturated carbocycles. The third-order valence-corrected chi connectivity index (χ3v) is 3.78. The molecule has 17 heavy (non-hydrogen) atoms. The molecule has 1 N–H and O–H groups in total. The van der Waals surface area contributed by atoms with Crippen molar-refractivity contribution in [2.24, 2.45) is 0 Å². The van der Waals surface area contributed by atoms with Crippen molar-refractivity contribution in [3.05, 3.63) is 29.0 Å². The lowest BCUT2D eigenvalue weighted by Crippen LogP contribution is -2.42. The van der Waals surface area contributed by atoms with E-state index in [0.717, 1.165) is 31.7 Å². The second-order valence-electron chi connectivity index (χ2n) is 4.50. The van der Waals surface area contributed by atoms with Gasteiger partial charge in [-0.05, 0) is 38.5 Å². The Bertz CT molecular complexity index is 350. The van der Waals surface area contributed by atoms with E-state index in [1.165, 1.54) is 12.8 Å². The number of halogens is 1. The van der Waals surface area contributed by atoms with Crippen molar-refractivity contribution in [2.75, 3.05) is 19.6 Å².